The van der Waals surface area contributed by atoms with Crippen LogP contribution in [0.5, 0.6) is 5.75 Å². The van der Waals surface area contributed by atoms with Gasteiger partial charge in [0.25, 0.3) is 0 Å². The molecule has 1 N–H and O–H groups in total. The highest BCUT2D eigenvalue weighted by Gasteiger charge is 2.31. The summed E-state index contributed by atoms with van der Waals surface area (Å²) < 4.78 is 40.0. The highest BCUT2D eigenvalue weighted by atomic mass is 32.1. The van der Waals surface area contributed by atoms with Gasteiger partial charge in [-0.05, 0) is 36.2 Å². The number of benzene rings is 1. The summed E-state index contributed by atoms with van der Waals surface area (Å²) in [6.07, 6.45) is -4.17. The molecule has 0 saturated heterocycles. The number of halogens is 3. The first-order valence-corrected chi connectivity index (χ1v) is 6.71. The number of carboxylic acids is 1. The fraction of sp³-hybridized carbons (Fsp3) is 0.231. The SMILES string of the molecule is CCc1nc(C(=O)O)c(-c2ccc(OC(F)(F)F)cc2)s1. The first-order chi connectivity index (χ1) is 9.80. The number of hydrogen-bond acceptors (Lipinski definition) is 4. The molecule has 0 radical (unpaired) electrons. The molecule has 21 heavy (non-hydrogen) atoms. The highest BCUT2D eigenvalue weighted by molar-refractivity contribution is 7.15. The summed E-state index contributed by atoms with van der Waals surface area (Å²) in [5.74, 6) is -1.53. The van der Waals surface area contributed by atoms with Crippen LogP contribution >= 0.6 is 11.3 Å². The van der Waals surface area contributed by atoms with Gasteiger partial charge in [0.05, 0.1) is 9.88 Å². The van der Waals surface area contributed by atoms with Crippen molar-refractivity contribution in [1.29, 1.82) is 0 Å². The molecular weight excluding hydrogens is 307 g/mol. The molecule has 0 atom stereocenters. The van der Waals surface area contributed by atoms with Crippen LogP contribution < -0.4 is 4.74 Å². The summed E-state index contributed by atoms with van der Waals surface area (Å²) in [4.78, 5) is 15.6. The van der Waals surface area contributed by atoms with E-state index in [2.05, 4.69) is 9.72 Å². The van der Waals surface area contributed by atoms with E-state index in [-0.39, 0.29) is 11.4 Å². The van der Waals surface area contributed by atoms with Crippen molar-refractivity contribution in [2.45, 2.75) is 19.7 Å². The third kappa shape index (κ3) is 3.72. The van der Waals surface area contributed by atoms with Gasteiger partial charge in [0.1, 0.15) is 5.75 Å². The standard InChI is InChI=1S/C13H10F3NO3S/c1-2-9-17-10(12(18)19)11(21-9)7-3-5-8(6-4-7)20-13(14,15)16/h3-6H,2H2,1H3,(H,18,19). The minimum absolute atomic E-state index is 0.0960. The molecule has 0 aliphatic rings. The van der Waals surface area contributed by atoms with Crippen LogP contribution in [0.2, 0.25) is 0 Å². The molecule has 1 aromatic heterocycles. The fourth-order valence-electron chi connectivity index (χ4n) is 1.66. The Morgan fingerprint density at radius 2 is 1.95 bits per heavy atom. The van der Waals surface area contributed by atoms with Crippen LogP contribution in [0.25, 0.3) is 10.4 Å². The van der Waals surface area contributed by atoms with Crippen LogP contribution in [0.3, 0.4) is 0 Å². The lowest BCUT2D eigenvalue weighted by Gasteiger charge is -2.08. The van der Waals surface area contributed by atoms with Crippen molar-refractivity contribution in [2.75, 3.05) is 0 Å². The number of hydrogen-bond donors (Lipinski definition) is 1. The molecule has 0 bridgehead atoms. The third-order valence-corrected chi connectivity index (χ3v) is 3.78. The summed E-state index contributed by atoms with van der Waals surface area (Å²) in [7, 11) is 0. The van der Waals surface area contributed by atoms with Crippen LogP contribution in [-0.2, 0) is 6.42 Å². The lowest BCUT2D eigenvalue weighted by molar-refractivity contribution is -0.274. The molecule has 0 aliphatic carbocycles. The molecule has 0 fully saturated rings. The largest absolute Gasteiger partial charge is 0.573 e. The van der Waals surface area contributed by atoms with Crippen molar-refractivity contribution in [3.63, 3.8) is 0 Å². The van der Waals surface area contributed by atoms with Crippen LogP contribution in [0, 0.1) is 0 Å². The molecule has 0 amide bonds. The smallest absolute Gasteiger partial charge is 0.476 e. The average Bonchev–Trinajstić information content (AvgIpc) is 2.82. The lowest BCUT2D eigenvalue weighted by atomic mass is 10.1. The van der Waals surface area contributed by atoms with Crippen LogP contribution in [0.15, 0.2) is 24.3 Å². The molecule has 4 nitrogen and oxygen atoms in total. The zero-order chi connectivity index (χ0) is 15.6. The number of aromatic nitrogens is 1. The van der Waals surface area contributed by atoms with Gasteiger partial charge in [-0.15, -0.1) is 24.5 Å². The van der Waals surface area contributed by atoms with Crippen LogP contribution in [0.4, 0.5) is 13.2 Å². The van der Waals surface area contributed by atoms with E-state index < -0.39 is 12.3 Å². The van der Waals surface area contributed by atoms with Gasteiger partial charge in [-0.3, -0.25) is 0 Å². The van der Waals surface area contributed by atoms with Gasteiger partial charge in [0, 0.05) is 0 Å². The van der Waals surface area contributed by atoms with E-state index in [4.69, 9.17) is 5.11 Å². The second-order valence-electron chi connectivity index (χ2n) is 4.02. The van der Waals surface area contributed by atoms with Crippen molar-refractivity contribution in [1.82, 2.24) is 4.98 Å². The normalized spacial score (nSPS) is 11.4. The van der Waals surface area contributed by atoms with E-state index in [9.17, 15) is 18.0 Å². The Balaban J connectivity index is 2.34. The van der Waals surface area contributed by atoms with Gasteiger partial charge in [-0.25, -0.2) is 9.78 Å². The Morgan fingerprint density at radius 3 is 2.43 bits per heavy atom. The summed E-state index contributed by atoms with van der Waals surface area (Å²) in [6, 6.07) is 5.03. The Hall–Kier alpha value is -2.09. The molecule has 8 heteroatoms. The highest BCUT2D eigenvalue weighted by Crippen LogP contribution is 2.32. The second-order valence-corrected chi connectivity index (χ2v) is 5.10. The molecule has 1 aromatic carbocycles. The van der Waals surface area contributed by atoms with Gasteiger partial charge in [0.15, 0.2) is 5.69 Å². The van der Waals surface area contributed by atoms with Crippen molar-refractivity contribution in [3.8, 4) is 16.2 Å². The summed E-state index contributed by atoms with van der Waals surface area (Å²) in [5.41, 5.74) is 0.389. The maximum atomic E-state index is 12.1. The summed E-state index contributed by atoms with van der Waals surface area (Å²) >= 11 is 1.20. The van der Waals surface area contributed by atoms with Crippen LogP contribution in [-0.4, -0.2) is 22.4 Å². The molecule has 2 rings (SSSR count). The van der Waals surface area contributed by atoms with E-state index in [1.54, 1.807) is 0 Å². The molecule has 0 saturated carbocycles. The van der Waals surface area contributed by atoms with Crippen LogP contribution in [0.1, 0.15) is 22.4 Å². The van der Waals surface area contributed by atoms with Gasteiger partial charge in [-0.2, -0.15) is 0 Å². The van der Waals surface area contributed by atoms with Crippen molar-refractivity contribution >= 4 is 17.3 Å². The molecular formula is C13H10F3NO3S. The van der Waals surface area contributed by atoms with E-state index in [0.717, 1.165) is 12.1 Å². The predicted molar refractivity (Wildman–Crippen MR) is 70.6 cm³/mol. The predicted octanol–water partition coefficient (Wildman–Crippen LogP) is 3.97. The number of thiazole rings is 1. The topological polar surface area (TPSA) is 59.4 Å². The number of ether oxygens (including phenoxy) is 1. The molecule has 1 heterocycles. The zero-order valence-corrected chi connectivity index (χ0v) is 11.6. The summed E-state index contributed by atoms with van der Waals surface area (Å²) in [5, 5.41) is 9.76. The van der Waals surface area contributed by atoms with Crippen molar-refractivity contribution in [2.24, 2.45) is 0 Å². The number of alkyl halides is 3. The number of rotatable bonds is 4. The Bertz CT molecular complexity index is 650. The molecule has 112 valence electrons. The van der Waals surface area contributed by atoms with E-state index >= 15 is 0 Å². The number of nitrogens with zero attached hydrogens (tertiary/aromatic N) is 1. The van der Waals surface area contributed by atoms with E-state index in [0.29, 0.717) is 21.9 Å². The Kier molecular flexibility index (Phi) is 4.17. The van der Waals surface area contributed by atoms with Gasteiger partial charge in [0.2, 0.25) is 0 Å². The Labute approximate surface area is 121 Å². The number of aryl methyl sites for hydroxylation is 1. The van der Waals surface area contributed by atoms with Crippen molar-refractivity contribution < 1.29 is 27.8 Å². The minimum atomic E-state index is -4.76. The Morgan fingerprint density at radius 1 is 1.33 bits per heavy atom. The first-order valence-electron chi connectivity index (χ1n) is 5.89. The molecule has 0 unspecified atom stereocenters. The monoisotopic (exact) mass is 317 g/mol. The first kappa shape index (κ1) is 15.3. The number of carboxylic acid groups (broad SMARTS) is 1. The average molecular weight is 317 g/mol. The number of carbonyl (C=O) groups is 1. The zero-order valence-electron chi connectivity index (χ0n) is 10.8. The maximum absolute atomic E-state index is 12.1. The van der Waals surface area contributed by atoms with E-state index in [1.165, 1.54) is 23.5 Å². The van der Waals surface area contributed by atoms with Gasteiger partial charge >= 0.3 is 12.3 Å². The number of aromatic carboxylic acids is 1. The quantitative estimate of drug-likeness (QED) is 0.927. The summed E-state index contributed by atoms with van der Waals surface area (Å²) in [6.45, 7) is 1.84. The molecule has 0 spiro atoms. The lowest BCUT2D eigenvalue weighted by Crippen LogP contribution is -2.16. The molecule has 0 aliphatic heterocycles. The van der Waals surface area contributed by atoms with Gasteiger partial charge in [-0.1, -0.05) is 6.92 Å². The van der Waals surface area contributed by atoms with Crippen molar-refractivity contribution in [3.05, 3.63) is 35.0 Å². The second kappa shape index (κ2) is 5.72. The minimum Gasteiger partial charge on any atom is -0.476 e. The molecule has 2 aromatic rings. The maximum Gasteiger partial charge on any atom is 0.573 e. The fourth-order valence-corrected chi connectivity index (χ4v) is 2.66. The van der Waals surface area contributed by atoms with E-state index in [1.807, 2.05) is 6.92 Å². The third-order valence-electron chi connectivity index (χ3n) is 2.53. The van der Waals surface area contributed by atoms with Gasteiger partial charge < -0.3 is 9.84 Å².